The van der Waals surface area contributed by atoms with Crippen LogP contribution >= 0.6 is 0 Å². The maximum Gasteiger partial charge on any atom is 0.402 e. The van der Waals surface area contributed by atoms with Crippen molar-refractivity contribution in [1.82, 2.24) is 0 Å². The molecule has 0 aliphatic rings. The monoisotopic (exact) mass is 1320 g/mol. The van der Waals surface area contributed by atoms with Crippen molar-refractivity contribution >= 4 is 68.2 Å². The Morgan fingerprint density at radius 2 is 0.458 bits per heavy atom. The zero-order valence-corrected chi connectivity index (χ0v) is 51.9. The van der Waals surface area contributed by atoms with E-state index in [4.69, 9.17) is 73.5 Å². The van der Waals surface area contributed by atoms with Crippen LogP contribution in [0.15, 0.2) is 237 Å². The van der Waals surface area contributed by atoms with Crippen LogP contribution in [0.1, 0.15) is 36.1 Å². The largest absolute Gasteiger partial charge is 0.506 e. The van der Waals surface area contributed by atoms with Gasteiger partial charge in [-0.3, -0.25) is 0 Å². The molecule has 500 valence electrons. The Hall–Kier alpha value is -12.6. The lowest BCUT2D eigenvalue weighted by Crippen LogP contribution is -2.40. The summed E-state index contributed by atoms with van der Waals surface area (Å²) in [4.78, 5) is 0. The molecule has 18 nitrogen and oxygen atoms in total. The average Bonchev–Trinajstić information content (AvgIpc) is 0.761. The van der Waals surface area contributed by atoms with Gasteiger partial charge >= 0.3 is 12.4 Å². The highest BCUT2D eigenvalue weighted by Crippen LogP contribution is 2.49. The van der Waals surface area contributed by atoms with Gasteiger partial charge in [-0.05, 0) is 228 Å². The van der Waals surface area contributed by atoms with E-state index in [1.54, 1.807) is 97.1 Å². The number of halogens is 6. The number of hydrogen-bond donors (Lipinski definition) is 17. The molecule has 11 rings (SSSR count). The summed E-state index contributed by atoms with van der Waals surface area (Å²) in [5.74, 6) is 1.08. The first-order valence-electron chi connectivity index (χ1n) is 28.7. The van der Waals surface area contributed by atoms with Crippen LogP contribution in [0.2, 0.25) is 0 Å². The van der Waals surface area contributed by atoms with Gasteiger partial charge in [0.2, 0.25) is 0 Å². The Morgan fingerprint density at radius 1 is 0.240 bits per heavy atom. The van der Waals surface area contributed by atoms with Crippen LogP contribution in [0.4, 0.5) is 94.6 Å². The predicted octanol–water partition coefficient (Wildman–Crippen LogP) is 14.5. The third-order valence-corrected chi connectivity index (χ3v) is 14.9. The van der Waals surface area contributed by atoms with Crippen molar-refractivity contribution in [2.45, 2.75) is 37.0 Å². The summed E-state index contributed by atoms with van der Waals surface area (Å²) in [7, 11) is 0. The summed E-state index contributed by atoms with van der Waals surface area (Å²) in [5.41, 5.74) is 70.3. The fourth-order valence-corrected chi connectivity index (χ4v) is 8.90. The van der Waals surface area contributed by atoms with Crippen molar-refractivity contribution in [1.29, 1.82) is 0 Å². The molecule has 0 fully saturated rings. The summed E-state index contributed by atoms with van der Waals surface area (Å²) in [6.45, 7) is 2.15. The van der Waals surface area contributed by atoms with E-state index in [-0.39, 0.29) is 62.4 Å². The number of benzene rings is 11. The van der Waals surface area contributed by atoms with Gasteiger partial charge in [0.25, 0.3) is 0 Å². The predicted molar refractivity (Wildman–Crippen MR) is 375 cm³/mol. The quantitative estimate of drug-likeness (QED) is 0.0382. The van der Waals surface area contributed by atoms with Crippen molar-refractivity contribution in [2.24, 2.45) is 0 Å². The number of ether oxygens (including phenoxy) is 1. The van der Waals surface area contributed by atoms with Gasteiger partial charge < -0.3 is 99.1 Å². The van der Waals surface area contributed by atoms with Crippen LogP contribution in [0.5, 0.6) is 40.2 Å². The molecule has 0 atom stereocenters. The van der Waals surface area contributed by atoms with Crippen molar-refractivity contribution in [3.8, 4) is 62.5 Å². The molecule has 0 amide bonds. The van der Waals surface area contributed by atoms with E-state index in [1.165, 1.54) is 48.5 Å². The number of aromatic hydroxyl groups is 5. The highest BCUT2D eigenvalue weighted by molar-refractivity contribution is 5.74. The van der Waals surface area contributed by atoms with Gasteiger partial charge in [-0.15, -0.1) is 0 Å². The van der Waals surface area contributed by atoms with Gasteiger partial charge in [-0.2, -0.15) is 26.3 Å². The van der Waals surface area contributed by atoms with Crippen LogP contribution in [-0.2, 0) is 10.8 Å². The average molecular weight is 1320 g/mol. The van der Waals surface area contributed by atoms with Gasteiger partial charge in [0.1, 0.15) is 51.1 Å². The highest BCUT2D eigenvalue weighted by Gasteiger charge is 2.54. The smallest absolute Gasteiger partial charge is 0.402 e. The fraction of sp³-hybridized carbons (Fsp3) is 0.0833. The number of rotatable bonds is 8. The van der Waals surface area contributed by atoms with E-state index in [0.717, 1.165) is 112 Å². The molecular formula is C72H74F6N12O6. The first-order chi connectivity index (χ1) is 45.1. The Balaban J connectivity index is 0.000000185. The highest BCUT2D eigenvalue weighted by atomic mass is 19.4. The summed E-state index contributed by atoms with van der Waals surface area (Å²) < 4.78 is 87.6. The van der Waals surface area contributed by atoms with Crippen LogP contribution in [0.25, 0.3) is 22.3 Å². The lowest BCUT2D eigenvalue weighted by Gasteiger charge is -2.33. The molecule has 24 heteroatoms. The van der Waals surface area contributed by atoms with E-state index in [0.29, 0.717) is 28.4 Å². The van der Waals surface area contributed by atoms with Gasteiger partial charge in [0, 0.05) is 39.8 Å². The van der Waals surface area contributed by atoms with E-state index >= 15 is 0 Å². The SMILES string of the molecule is CC(c1ccc(N)cc1)(c1ccc(N)cc1)C(F)(F)F.CC(c1ccc(O)c(N)c1)(c1ccc(O)c(N)c1)C(F)(F)F.Nc1ccc(-c2ccc(N)c(O)c2)cc1.Nc1ccc(-c2ccc(N)c(O)c2)cc1O.Nc1ccc(N)cc1.Nc1ccc(Oc2ccc(N)cc2)cc1. The molecule has 0 aliphatic carbocycles. The second-order valence-electron chi connectivity index (χ2n) is 21.9. The summed E-state index contributed by atoms with van der Waals surface area (Å²) in [6.07, 6.45) is -9.07. The minimum absolute atomic E-state index is 0.0221. The van der Waals surface area contributed by atoms with Gasteiger partial charge in [0.05, 0.1) is 28.4 Å². The first-order valence-corrected chi connectivity index (χ1v) is 28.7. The van der Waals surface area contributed by atoms with E-state index < -0.39 is 23.2 Å². The normalized spacial score (nSPS) is 11.0. The Kier molecular flexibility index (Phi) is 23.5. The first kappa shape index (κ1) is 72.5. The third kappa shape index (κ3) is 19.0. The maximum absolute atomic E-state index is 13.7. The van der Waals surface area contributed by atoms with Crippen LogP contribution < -0.4 is 73.5 Å². The minimum atomic E-state index is -4.64. The number of nitrogens with two attached hydrogens (primary N) is 12. The summed E-state index contributed by atoms with van der Waals surface area (Å²) >= 11 is 0. The van der Waals surface area contributed by atoms with E-state index in [2.05, 4.69) is 0 Å². The lowest BCUT2D eigenvalue weighted by molar-refractivity contribution is -0.173. The van der Waals surface area contributed by atoms with Gasteiger partial charge in [-0.25, -0.2) is 0 Å². The number of phenols is 5. The second-order valence-corrected chi connectivity index (χ2v) is 21.9. The number of anilines is 12. The molecule has 0 spiro atoms. The molecule has 11 aromatic carbocycles. The molecule has 0 aliphatic heterocycles. The molecule has 0 aromatic heterocycles. The number of alkyl halides is 6. The number of nitrogen functional groups attached to an aromatic ring is 12. The van der Waals surface area contributed by atoms with E-state index in [1.807, 2.05) is 54.6 Å². The molecule has 11 aromatic rings. The van der Waals surface area contributed by atoms with Gasteiger partial charge in [0.15, 0.2) is 0 Å². The molecular weight excluding hydrogens is 1240 g/mol. The van der Waals surface area contributed by atoms with Crippen LogP contribution in [0.3, 0.4) is 0 Å². The van der Waals surface area contributed by atoms with Crippen molar-refractivity contribution < 1.29 is 56.6 Å². The molecule has 0 bridgehead atoms. The lowest BCUT2D eigenvalue weighted by atomic mass is 9.75. The molecule has 0 saturated heterocycles. The number of phenolic OH excluding ortho intramolecular Hbond substituents is 5. The van der Waals surface area contributed by atoms with Crippen LogP contribution in [0, 0.1) is 0 Å². The van der Waals surface area contributed by atoms with Crippen LogP contribution in [-0.4, -0.2) is 37.9 Å². The topological polar surface area (TPSA) is 423 Å². The maximum atomic E-state index is 13.7. The zero-order chi connectivity index (χ0) is 70.9. The molecule has 0 radical (unpaired) electrons. The Bertz CT molecular complexity index is 4130. The number of hydrogen-bond acceptors (Lipinski definition) is 18. The van der Waals surface area contributed by atoms with E-state index in [9.17, 15) is 51.9 Å². The third-order valence-electron chi connectivity index (χ3n) is 14.9. The minimum Gasteiger partial charge on any atom is -0.506 e. The fourth-order valence-electron chi connectivity index (χ4n) is 8.90. The summed E-state index contributed by atoms with van der Waals surface area (Å²) in [5, 5.41) is 47.2. The Labute approximate surface area is 549 Å². The van der Waals surface area contributed by atoms with Crippen molar-refractivity contribution in [2.75, 3.05) is 68.8 Å². The van der Waals surface area contributed by atoms with Crippen molar-refractivity contribution in [3.63, 3.8) is 0 Å². The Morgan fingerprint density at radius 3 is 0.719 bits per heavy atom. The molecule has 96 heavy (non-hydrogen) atoms. The second kappa shape index (κ2) is 31.1. The van der Waals surface area contributed by atoms with Crippen molar-refractivity contribution in [3.05, 3.63) is 259 Å². The standard InChI is InChI=1S/C15H15F3N2O2.C15H15F3N2.C12H12N2O2.2C12H12N2O.C6H8N2/c1-14(15(16,17)18,8-2-4-12(21)10(19)6-8)9-3-5-13(22)11(20)7-9;1-14(15(16,17)18,10-2-6-12(19)7-3-10)11-4-8-13(20)9-5-11;13-9-3-1-7(5-11(9)15)8-2-4-10(14)12(16)6-8;13-9-1-5-11(6-2-9)15-12-7-3-10(14)4-8-12;13-10-4-1-8(2-5-10)9-3-6-11(14)12(15)7-9;7-5-1-2-6(8)4-3-5/h2-7,21-22H,19-20H2,1H3;2-9H,19-20H2,1H3;1-6,15-16H,13-14H2;1-8H,13-14H2;1-7,15H,13-14H2;1-4H,7-8H2. The molecule has 0 saturated carbocycles. The molecule has 29 N–H and O–H groups in total. The molecule has 0 heterocycles. The molecule has 0 unspecified atom stereocenters. The van der Waals surface area contributed by atoms with Gasteiger partial charge in [-0.1, -0.05) is 66.7 Å². The zero-order valence-electron chi connectivity index (χ0n) is 51.9. The summed E-state index contributed by atoms with van der Waals surface area (Å²) in [6, 6.07) is 62.2.